The molecule has 1 fully saturated rings. The molecule has 1 amide bonds. The summed E-state index contributed by atoms with van der Waals surface area (Å²) in [5, 5.41) is 4.10. The van der Waals surface area contributed by atoms with Gasteiger partial charge in [0, 0.05) is 46.5 Å². The number of piperidine rings is 1. The highest BCUT2D eigenvalue weighted by atomic mass is 16.5. The first kappa shape index (κ1) is 20.6. The van der Waals surface area contributed by atoms with Crippen LogP contribution in [0.4, 0.5) is 0 Å². The van der Waals surface area contributed by atoms with Crippen molar-refractivity contribution in [2.24, 2.45) is 13.0 Å². The molecule has 3 rings (SSSR count). The second-order valence-corrected chi connectivity index (χ2v) is 7.83. The van der Waals surface area contributed by atoms with E-state index in [1.165, 1.54) is 11.1 Å². The molecule has 1 aromatic carbocycles. The van der Waals surface area contributed by atoms with Crippen LogP contribution in [0.3, 0.4) is 0 Å². The van der Waals surface area contributed by atoms with E-state index >= 15 is 0 Å². The van der Waals surface area contributed by atoms with Crippen molar-refractivity contribution in [3.63, 3.8) is 0 Å². The molecule has 2 aromatic rings. The molecule has 0 unspecified atom stereocenters. The molecule has 152 valence electrons. The first-order valence-corrected chi connectivity index (χ1v) is 10.1. The third-order valence-electron chi connectivity index (χ3n) is 5.62. The normalized spacial score (nSPS) is 15.4. The topological polar surface area (TPSA) is 50.6 Å². The maximum absolute atomic E-state index is 12.6. The van der Waals surface area contributed by atoms with Gasteiger partial charge in [-0.05, 0) is 49.4 Å². The molecule has 0 atom stereocenters. The van der Waals surface area contributed by atoms with E-state index in [0.717, 1.165) is 52.0 Å². The van der Waals surface area contributed by atoms with Crippen LogP contribution in [-0.4, -0.2) is 65.9 Å². The highest BCUT2D eigenvalue weighted by Crippen LogP contribution is 2.23. The van der Waals surface area contributed by atoms with E-state index < -0.39 is 0 Å². The van der Waals surface area contributed by atoms with Crippen LogP contribution in [0.25, 0.3) is 0 Å². The van der Waals surface area contributed by atoms with E-state index in [2.05, 4.69) is 41.3 Å². The van der Waals surface area contributed by atoms with Gasteiger partial charge in [0.2, 0.25) is 0 Å². The number of benzene rings is 1. The fourth-order valence-corrected chi connectivity index (χ4v) is 3.84. The molecule has 28 heavy (non-hydrogen) atoms. The number of carbonyl (C=O) groups is 1. The predicted molar refractivity (Wildman–Crippen MR) is 110 cm³/mol. The van der Waals surface area contributed by atoms with Gasteiger partial charge in [-0.15, -0.1) is 0 Å². The Morgan fingerprint density at radius 2 is 1.86 bits per heavy atom. The number of nitrogens with zero attached hydrogens (tertiary/aromatic N) is 4. The average molecular weight is 385 g/mol. The van der Waals surface area contributed by atoms with Crippen molar-refractivity contribution >= 4 is 5.91 Å². The van der Waals surface area contributed by atoms with Crippen molar-refractivity contribution in [2.75, 3.05) is 40.4 Å². The zero-order valence-corrected chi connectivity index (χ0v) is 17.3. The molecule has 2 heterocycles. The second-order valence-electron chi connectivity index (χ2n) is 7.83. The minimum Gasteiger partial charge on any atom is -0.383 e. The molecular weight excluding hydrogens is 352 g/mol. The van der Waals surface area contributed by atoms with Crippen molar-refractivity contribution < 1.29 is 9.53 Å². The van der Waals surface area contributed by atoms with Crippen LogP contribution in [0.15, 0.2) is 36.5 Å². The van der Waals surface area contributed by atoms with Gasteiger partial charge in [-0.3, -0.25) is 14.4 Å². The Balaban J connectivity index is 1.45. The first-order valence-electron chi connectivity index (χ1n) is 10.1. The zero-order valence-electron chi connectivity index (χ0n) is 17.3. The van der Waals surface area contributed by atoms with Crippen LogP contribution in [0, 0.1) is 5.92 Å². The summed E-state index contributed by atoms with van der Waals surface area (Å²) in [6, 6.07) is 10.8. The van der Waals surface area contributed by atoms with Gasteiger partial charge in [0.25, 0.3) is 5.91 Å². The number of likely N-dealkylation sites (N-methyl/N-ethyl adjacent to an activating group) is 1. The Morgan fingerprint density at radius 1 is 1.18 bits per heavy atom. The van der Waals surface area contributed by atoms with Gasteiger partial charge in [0.1, 0.15) is 5.69 Å². The van der Waals surface area contributed by atoms with Crippen LogP contribution >= 0.6 is 0 Å². The Bertz CT molecular complexity index is 748. The van der Waals surface area contributed by atoms with Crippen LogP contribution in [0.2, 0.25) is 0 Å². The molecule has 1 saturated heterocycles. The van der Waals surface area contributed by atoms with Gasteiger partial charge in [-0.25, -0.2) is 0 Å². The molecule has 0 aliphatic carbocycles. The number of likely N-dealkylation sites (tertiary alicyclic amines) is 1. The van der Waals surface area contributed by atoms with Crippen LogP contribution in [0.1, 0.15) is 34.5 Å². The third kappa shape index (κ3) is 5.42. The molecular formula is C22H32N4O2. The number of methoxy groups -OCH3 is 1. The summed E-state index contributed by atoms with van der Waals surface area (Å²) in [6.45, 7) is 4.30. The van der Waals surface area contributed by atoms with Gasteiger partial charge in [-0.1, -0.05) is 24.3 Å². The molecule has 1 aliphatic rings. The first-order chi connectivity index (χ1) is 13.6. The lowest BCUT2D eigenvalue weighted by atomic mass is 9.90. The van der Waals surface area contributed by atoms with Crippen molar-refractivity contribution in [1.29, 1.82) is 0 Å². The number of hydrogen-bond acceptors (Lipinski definition) is 4. The lowest BCUT2D eigenvalue weighted by Crippen LogP contribution is -2.39. The summed E-state index contributed by atoms with van der Waals surface area (Å²) < 4.78 is 6.79. The zero-order chi connectivity index (χ0) is 19.9. The van der Waals surface area contributed by atoms with Crippen LogP contribution in [0.5, 0.6) is 0 Å². The fourth-order valence-electron chi connectivity index (χ4n) is 3.84. The Morgan fingerprint density at radius 3 is 2.46 bits per heavy atom. The number of hydrogen-bond donors (Lipinski definition) is 0. The molecule has 0 radical (unpaired) electrons. The predicted octanol–water partition coefficient (Wildman–Crippen LogP) is 2.59. The quantitative estimate of drug-likeness (QED) is 0.702. The minimum absolute atomic E-state index is 0.0976. The van der Waals surface area contributed by atoms with E-state index in [9.17, 15) is 4.79 Å². The summed E-state index contributed by atoms with van der Waals surface area (Å²) in [5.74, 6) is 0.742. The second kappa shape index (κ2) is 9.85. The summed E-state index contributed by atoms with van der Waals surface area (Å²) in [6.07, 6.45) is 4.89. The Labute approximate surface area is 168 Å². The van der Waals surface area contributed by atoms with Crippen molar-refractivity contribution in [1.82, 2.24) is 19.6 Å². The van der Waals surface area contributed by atoms with E-state index in [1.807, 2.05) is 11.9 Å². The van der Waals surface area contributed by atoms with Crippen molar-refractivity contribution in [3.8, 4) is 0 Å². The largest absolute Gasteiger partial charge is 0.383 e. The van der Waals surface area contributed by atoms with E-state index in [-0.39, 0.29) is 5.91 Å². The monoisotopic (exact) mass is 384 g/mol. The Hall–Kier alpha value is -2.18. The van der Waals surface area contributed by atoms with Gasteiger partial charge in [0.15, 0.2) is 0 Å². The lowest BCUT2D eigenvalue weighted by Gasteiger charge is -2.32. The number of carbonyl (C=O) groups excluding carboxylic acids is 1. The van der Waals surface area contributed by atoms with Gasteiger partial charge in [-0.2, -0.15) is 5.10 Å². The van der Waals surface area contributed by atoms with Gasteiger partial charge >= 0.3 is 0 Å². The number of ether oxygens (including phenoxy) is 1. The maximum atomic E-state index is 12.6. The lowest BCUT2D eigenvalue weighted by molar-refractivity contribution is 0.0679. The van der Waals surface area contributed by atoms with E-state index in [0.29, 0.717) is 11.6 Å². The molecule has 0 bridgehead atoms. The molecule has 1 aliphatic heterocycles. The molecule has 0 spiro atoms. The number of rotatable bonds is 8. The Kier molecular flexibility index (Phi) is 7.23. The third-order valence-corrected chi connectivity index (χ3v) is 5.62. The fraction of sp³-hybridized carbons (Fsp3) is 0.545. The molecule has 0 saturated carbocycles. The van der Waals surface area contributed by atoms with Crippen molar-refractivity contribution in [3.05, 3.63) is 53.3 Å². The highest BCUT2D eigenvalue weighted by molar-refractivity contribution is 5.92. The van der Waals surface area contributed by atoms with Crippen LogP contribution in [-0.2, 0) is 24.8 Å². The van der Waals surface area contributed by atoms with Gasteiger partial charge in [0.05, 0.1) is 6.61 Å². The molecule has 6 heteroatoms. The summed E-state index contributed by atoms with van der Waals surface area (Å²) in [5.41, 5.74) is 3.39. The summed E-state index contributed by atoms with van der Waals surface area (Å²) in [7, 11) is 5.68. The number of aromatic nitrogens is 2. The standard InChI is InChI=1S/C22H32N4O2/c1-24(14-15-28-3)17-20-6-4-18(5-7-20)16-19-9-12-26(13-10-19)22(27)21-8-11-23-25(21)2/h4-8,11,19H,9-10,12-17H2,1-3H3. The van der Waals surface area contributed by atoms with E-state index in [1.54, 1.807) is 24.1 Å². The SMILES string of the molecule is COCCN(C)Cc1ccc(CC2CCN(C(=O)c3ccnn3C)CC2)cc1. The van der Waals surface area contributed by atoms with E-state index in [4.69, 9.17) is 4.74 Å². The molecule has 6 nitrogen and oxygen atoms in total. The number of aryl methyl sites for hydroxylation is 1. The maximum Gasteiger partial charge on any atom is 0.272 e. The van der Waals surface area contributed by atoms with Crippen LogP contribution < -0.4 is 0 Å². The van der Waals surface area contributed by atoms with Gasteiger partial charge < -0.3 is 9.64 Å². The molecule has 0 N–H and O–H groups in total. The minimum atomic E-state index is 0.0976. The summed E-state index contributed by atoms with van der Waals surface area (Å²) >= 11 is 0. The smallest absolute Gasteiger partial charge is 0.272 e. The molecule has 1 aromatic heterocycles. The highest BCUT2D eigenvalue weighted by Gasteiger charge is 2.25. The summed E-state index contributed by atoms with van der Waals surface area (Å²) in [4.78, 5) is 16.8. The average Bonchev–Trinajstić information content (AvgIpc) is 3.14. The number of amides is 1. The van der Waals surface area contributed by atoms with Crippen molar-refractivity contribution in [2.45, 2.75) is 25.8 Å².